The summed E-state index contributed by atoms with van der Waals surface area (Å²) < 4.78 is 43.9. The minimum absolute atomic E-state index is 0.121. The van der Waals surface area contributed by atoms with Crippen LogP contribution in [0.15, 0.2) is 39.5 Å². The summed E-state index contributed by atoms with van der Waals surface area (Å²) in [6, 6.07) is 6.79. The number of aromatic nitrogens is 2. The van der Waals surface area contributed by atoms with Crippen LogP contribution in [0.1, 0.15) is 28.3 Å². The molecule has 0 saturated heterocycles. The summed E-state index contributed by atoms with van der Waals surface area (Å²) in [4.78, 5) is 27.2. The third kappa shape index (κ3) is 4.42. The van der Waals surface area contributed by atoms with Crippen LogP contribution in [-0.4, -0.2) is 14.9 Å². The molecular formula is C19H14F3N3O4. The first kappa shape index (κ1) is 20.1. The average molecular weight is 405 g/mol. The molecule has 0 radical (unpaired) electrons. The zero-order chi connectivity index (χ0) is 21.3. The van der Waals surface area contributed by atoms with Gasteiger partial charge in [0.25, 0.3) is 5.69 Å². The number of furan rings is 1. The summed E-state index contributed by atoms with van der Waals surface area (Å²) in [6.45, 7) is 3.56. The summed E-state index contributed by atoms with van der Waals surface area (Å²) in [5, 5.41) is 11.3. The van der Waals surface area contributed by atoms with E-state index in [2.05, 4.69) is 4.98 Å². The van der Waals surface area contributed by atoms with Crippen LogP contribution in [0.3, 0.4) is 0 Å². The highest BCUT2D eigenvalue weighted by Gasteiger charge is 2.32. The molecule has 2 heterocycles. The van der Waals surface area contributed by atoms with E-state index in [1.807, 2.05) is 6.92 Å². The van der Waals surface area contributed by atoms with Crippen LogP contribution in [0, 0.1) is 24.0 Å². The van der Waals surface area contributed by atoms with Gasteiger partial charge in [0.05, 0.1) is 16.2 Å². The van der Waals surface area contributed by atoms with Crippen LogP contribution in [0.4, 0.5) is 18.9 Å². The van der Waals surface area contributed by atoms with E-state index in [1.54, 1.807) is 18.0 Å². The van der Waals surface area contributed by atoms with E-state index in [4.69, 9.17) is 4.42 Å². The first-order valence-electron chi connectivity index (χ1n) is 8.27. The van der Waals surface area contributed by atoms with Gasteiger partial charge in [-0.1, -0.05) is 0 Å². The fourth-order valence-corrected chi connectivity index (χ4v) is 2.62. The Kier molecular flexibility index (Phi) is 5.10. The van der Waals surface area contributed by atoms with Crippen molar-refractivity contribution in [3.05, 3.63) is 79.2 Å². The van der Waals surface area contributed by atoms with Gasteiger partial charge in [-0.05, 0) is 61.4 Å². The second kappa shape index (κ2) is 7.38. The molecule has 0 amide bonds. The summed E-state index contributed by atoms with van der Waals surface area (Å²) >= 11 is 0. The first-order valence-corrected chi connectivity index (χ1v) is 8.27. The van der Waals surface area contributed by atoms with Gasteiger partial charge in [-0.3, -0.25) is 10.1 Å². The van der Waals surface area contributed by atoms with Crippen molar-refractivity contribution in [3.8, 4) is 11.3 Å². The van der Waals surface area contributed by atoms with Gasteiger partial charge in [-0.25, -0.2) is 4.79 Å². The van der Waals surface area contributed by atoms with Crippen LogP contribution in [0.25, 0.3) is 23.5 Å². The Labute approximate surface area is 161 Å². The Morgan fingerprint density at radius 3 is 2.48 bits per heavy atom. The van der Waals surface area contributed by atoms with Crippen molar-refractivity contribution in [2.24, 2.45) is 0 Å². The van der Waals surface area contributed by atoms with E-state index < -0.39 is 22.5 Å². The fraction of sp³-hybridized carbons (Fsp3) is 0.158. The van der Waals surface area contributed by atoms with E-state index in [0.29, 0.717) is 6.07 Å². The van der Waals surface area contributed by atoms with Crippen LogP contribution in [0.5, 0.6) is 0 Å². The Balaban J connectivity index is 1.95. The lowest BCUT2D eigenvalue weighted by molar-refractivity contribution is -0.384. The molecule has 0 fully saturated rings. The van der Waals surface area contributed by atoms with Crippen LogP contribution in [0.2, 0.25) is 0 Å². The minimum Gasteiger partial charge on any atom is -0.456 e. The van der Waals surface area contributed by atoms with Crippen molar-refractivity contribution in [1.29, 1.82) is 0 Å². The number of nitro groups is 1. The maximum Gasteiger partial charge on any atom is 0.431 e. The second-order valence-corrected chi connectivity index (χ2v) is 6.27. The number of nitrogens with zero attached hydrogens (tertiary/aromatic N) is 2. The number of nitro benzene ring substituents is 1. The lowest BCUT2D eigenvalue weighted by Gasteiger charge is -2.05. The smallest absolute Gasteiger partial charge is 0.431 e. The highest BCUT2D eigenvalue weighted by atomic mass is 19.4. The molecule has 150 valence electrons. The third-order valence-corrected chi connectivity index (χ3v) is 4.19. The quantitative estimate of drug-likeness (QED) is 0.499. The normalized spacial score (nSPS) is 11.9. The maximum atomic E-state index is 12.8. The van der Waals surface area contributed by atoms with Crippen molar-refractivity contribution >= 4 is 17.8 Å². The molecular weight excluding hydrogens is 391 g/mol. The molecule has 0 spiro atoms. The molecule has 10 heteroatoms. The summed E-state index contributed by atoms with van der Waals surface area (Å²) in [5.74, 6) is 0.456. The summed E-state index contributed by atoms with van der Waals surface area (Å²) in [7, 11) is 0. The Hall–Kier alpha value is -3.69. The first-order chi connectivity index (χ1) is 13.5. The molecule has 0 bridgehead atoms. The van der Waals surface area contributed by atoms with Gasteiger partial charge in [-0.15, -0.1) is 0 Å². The molecule has 7 nitrogen and oxygen atoms in total. The minimum atomic E-state index is -4.72. The van der Waals surface area contributed by atoms with Gasteiger partial charge in [0.2, 0.25) is 0 Å². The lowest BCUT2D eigenvalue weighted by Crippen LogP contribution is -2.19. The van der Waals surface area contributed by atoms with Gasteiger partial charge in [0.1, 0.15) is 17.2 Å². The van der Waals surface area contributed by atoms with E-state index in [0.717, 1.165) is 11.1 Å². The zero-order valence-corrected chi connectivity index (χ0v) is 15.2. The second-order valence-electron chi connectivity index (χ2n) is 6.27. The van der Waals surface area contributed by atoms with Crippen LogP contribution < -0.4 is 5.69 Å². The van der Waals surface area contributed by atoms with E-state index in [-0.39, 0.29) is 28.5 Å². The third-order valence-electron chi connectivity index (χ3n) is 4.19. The monoisotopic (exact) mass is 405 g/mol. The SMILES string of the molecule is Cc1cc(-c2ccc(/C=C/c3cc(C(F)(F)F)[nH]c(=O)n3)o2)c([N+](=O)[O-])cc1C. The van der Waals surface area contributed by atoms with Gasteiger partial charge in [-0.2, -0.15) is 18.2 Å². The van der Waals surface area contributed by atoms with Gasteiger partial charge in [0, 0.05) is 6.07 Å². The number of aryl methyl sites for hydroxylation is 2. The van der Waals surface area contributed by atoms with Crippen molar-refractivity contribution in [2.45, 2.75) is 20.0 Å². The maximum absolute atomic E-state index is 12.8. The van der Waals surface area contributed by atoms with Crippen LogP contribution >= 0.6 is 0 Å². The number of hydrogen-bond acceptors (Lipinski definition) is 5. The molecule has 29 heavy (non-hydrogen) atoms. The predicted octanol–water partition coefficient (Wildman–Crippen LogP) is 4.74. The number of H-pyrrole nitrogens is 1. The number of aromatic amines is 1. The molecule has 0 aliphatic rings. The molecule has 0 aliphatic heterocycles. The van der Waals surface area contributed by atoms with Crippen molar-refractivity contribution in [2.75, 3.05) is 0 Å². The van der Waals surface area contributed by atoms with Gasteiger partial charge >= 0.3 is 11.9 Å². The van der Waals surface area contributed by atoms with Crippen molar-refractivity contribution in [1.82, 2.24) is 9.97 Å². The molecule has 3 rings (SSSR count). The van der Waals surface area contributed by atoms with Crippen molar-refractivity contribution < 1.29 is 22.5 Å². The molecule has 0 atom stereocenters. The van der Waals surface area contributed by atoms with Crippen molar-refractivity contribution in [3.63, 3.8) is 0 Å². The largest absolute Gasteiger partial charge is 0.456 e. The number of rotatable bonds is 4. The Morgan fingerprint density at radius 1 is 1.14 bits per heavy atom. The zero-order valence-electron chi connectivity index (χ0n) is 15.2. The van der Waals surface area contributed by atoms with Gasteiger partial charge < -0.3 is 9.40 Å². The van der Waals surface area contributed by atoms with E-state index >= 15 is 0 Å². The molecule has 3 aromatic rings. The number of alkyl halides is 3. The molecule has 2 aromatic heterocycles. The molecule has 1 aromatic carbocycles. The molecule has 0 saturated carbocycles. The average Bonchev–Trinajstić information content (AvgIpc) is 3.09. The topological polar surface area (TPSA) is 102 Å². The Morgan fingerprint density at radius 2 is 1.83 bits per heavy atom. The fourth-order valence-electron chi connectivity index (χ4n) is 2.62. The number of nitrogens with one attached hydrogen (secondary N) is 1. The molecule has 0 unspecified atom stereocenters. The number of benzene rings is 1. The lowest BCUT2D eigenvalue weighted by atomic mass is 10.0. The summed E-state index contributed by atoms with van der Waals surface area (Å²) in [5.41, 5.74) is -0.806. The number of halogens is 3. The predicted molar refractivity (Wildman–Crippen MR) is 99.1 cm³/mol. The molecule has 1 N–H and O–H groups in total. The van der Waals surface area contributed by atoms with E-state index in [1.165, 1.54) is 30.4 Å². The van der Waals surface area contributed by atoms with Gasteiger partial charge in [0.15, 0.2) is 0 Å². The van der Waals surface area contributed by atoms with E-state index in [9.17, 15) is 28.1 Å². The highest BCUT2D eigenvalue weighted by Crippen LogP contribution is 2.34. The summed E-state index contributed by atoms with van der Waals surface area (Å²) in [6.07, 6.45) is -2.22. The number of hydrogen-bond donors (Lipinski definition) is 1. The Bertz CT molecular complexity index is 1180. The standard InChI is InChI=1S/C19H14F3N3O4/c1-10-7-14(15(25(27)28)8-11(10)2)16-6-5-13(29-16)4-3-12-9-17(19(20,21)22)24-18(26)23-12/h3-9H,1-2H3,(H,23,24,26)/b4-3+. The van der Waals surface area contributed by atoms with Crippen LogP contribution in [-0.2, 0) is 6.18 Å². The highest BCUT2D eigenvalue weighted by molar-refractivity contribution is 5.73. The molecule has 0 aliphatic carbocycles.